The summed E-state index contributed by atoms with van der Waals surface area (Å²) >= 11 is 0. The van der Waals surface area contributed by atoms with Crippen LogP contribution in [0.3, 0.4) is 0 Å². The largest absolute Gasteiger partial charge is 0.495 e. The maximum atomic E-state index is 11.3. The van der Waals surface area contributed by atoms with Crippen LogP contribution in [0.5, 0.6) is 5.75 Å². The van der Waals surface area contributed by atoms with Crippen LogP contribution in [-0.4, -0.2) is 44.1 Å². The SMILES string of the molecule is COc1ccc(C(N)=O)cc1NC(C)C1CCCN(C)C1. The fourth-order valence-corrected chi connectivity index (χ4v) is 2.95. The van der Waals surface area contributed by atoms with Crippen LogP contribution in [0.1, 0.15) is 30.1 Å². The number of ether oxygens (including phenoxy) is 1. The molecule has 2 atom stereocenters. The molecule has 1 fully saturated rings. The number of nitrogens with zero attached hydrogens (tertiary/aromatic N) is 1. The van der Waals surface area contributed by atoms with Gasteiger partial charge < -0.3 is 20.7 Å². The number of nitrogens with one attached hydrogen (secondary N) is 1. The van der Waals surface area contributed by atoms with Gasteiger partial charge in [0.15, 0.2) is 0 Å². The summed E-state index contributed by atoms with van der Waals surface area (Å²) < 4.78 is 5.36. The molecule has 0 radical (unpaired) electrons. The molecular formula is C16H25N3O2. The van der Waals surface area contributed by atoms with Gasteiger partial charge in [0.1, 0.15) is 5.75 Å². The number of piperidine rings is 1. The molecule has 5 nitrogen and oxygen atoms in total. The highest BCUT2D eigenvalue weighted by Gasteiger charge is 2.23. The summed E-state index contributed by atoms with van der Waals surface area (Å²) in [4.78, 5) is 13.7. The van der Waals surface area contributed by atoms with Gasteiger partial charge in [-0.1, -0.05) is 0 Å². The Morgan fingerprint density at radius 3 is 2.90 bits per heavy atom. The number of nitrogens with two attached hydrogens (primary N) is 1. The second-order valence-corrected chi connectivity index (χ2v) is 5.88. The van der Waals surface area contributed by atoms with Crippen molar-refractivity contribution >= 4 is 11.6 Å². The number of anilines is 1. The van der Waals surface area contributed by atoms with Crippen LogP contribution in [-0.2, 0) is 0 Å². The van der Waals surface area contributed by atoms with Crippen molar-refractivity contribution in [2.75, 3.05) is 32.6 Å². The molecule has 1 aromatic rings. The minimum Gasteiger partial charge on any atom is -0.495 e. The molecule has 0 saturated carbocycles. The summed E-state index contributed by atoms with van der Waals surface area (Å²) in [6, 6.07) is 5.54. The molecule has 5 heteroatoms. The Bertz CT molecular complexity index is 504. The number of carbonyl (C=O) groups is 1. The molecular weight excluding hydrogens is 266 g/mol. The lowest BCUT2D eigenvalue weighted by atomic mass is 9.91. The molecule has 1 aliphatic rings. The molecule has 1 saturated heterocycles. The van der Waals surface area contributed by atoms with Crippen molar-refractivity contribution in [3.8, 4) is 5.75 Å². The number of hydrogen-bond donors (Lipinski definition) is 2. The van der Waals surface area contributed by atoms with E-state index in [-0.39, 0.29) is 0 Å². The number of amides is 1. The fourth-order valence-electron chi connectivity index (χ4n) is 2.95. The van der Waals surface area contributed by atoms with Gasteiger partial charge in [-0.15, -0.1) is 0 Å². The zero-order valence-electron chi connectivity index (χ0n) is 13.1. The Labute approximate surface area is 126 Å². The second kappa shape index (κ2) is 6.80. The lowest BCUT2D eigenvalue weighted by Crippen LogP contribution is -2.39. The molecule has 1 aliphatic heterocycles. The Morgan fingerprint density at radius 1 is 1.52 bits per heavy atom. The predicted octanol–water partition coefficient (Wildman–Crippen LogP) is 1.94. The van der Waals surface area contributed by atoms with E-state index in [2.05, 4.69) is 24.2 Å². The number of hydrogen-bond acceptors (Lipinski definition) is 4. The molecule has 3 N–H and O–H groups in total. The number of methoxy groups -OCH3 is 1. The Balaban J connectivity index is 2.13. The van der Waals surface area contributed by atoms with Crippen LogP contribution in [0.15, 0.2) is 18.2 Å². The van der Waals surface area contributed by atoms with E-state index in [0.29, 0.717) is 17.5 Å². The normalized spacial score (nSPS) is 20.8. The zero-order valence-corrected chi connectivity index (χ0v) is 13.1. The minimum atomic E-state index is -0.425. The van der Waals surface area contributed by atoms with Crippen LogP contribution in [0.4, 0.5) is 5.69 Å². The van der Waals surface area contributed by atoms with Crippen molar-refractivity contribution in [2.45, 2.75) is 25.8 Å². The second-order valence-electron chi connectivity index (χ2n) is 5.88. The van der Waals surface area contributed by atoms with E-state index in [0.717, 1.165) is 18.0 Å². The lowest BCUT2D eigenvalue weighted by Gasteiger charge is -2.34. The van der Waals surface area contributed by atoms with Crippen molar-refractivity contribution in [1.82, 2.24) is 4.90 Å². The maximum Gasteiger partial charge on any atom is 0.248 e. The van der Waals surface area contributed by atoms with Crippen LogP contribution in [0.25, 0.3) is 0 Å². The molecule has 1 aromatic carbocycles. The molecule has 21 heavy (non-hydrogen) atoms. The number of likely N-dealkylation sites (tertiary alicyclic amines) is 1. The van der Waals surface area contributed by atoms with E-state index in [9.17, 15) is 4.79 Å². The van der Waals surface area contributed by atoms with E-state index < -0.39 is 5.91 Å². The predicted molar refractivity (Wildman–Crippen MR) is 84.8 cm³/mol. The van der Waals surface area contributed by atoms with Gasteiger partial charge in [0.05, 0.1) is 12.8 Å². The van der Waals surface area contributed by atoms with Crippen molar-refractivity contribution in [3.63, 3.8) is 0 Å². The third kappa shape index (κ3) is 3.88. The zero-order chi connectivity index (χ0) is 15.4. The lowest BCUT2D eigenvalue weighted by molar-refractivity contribution is 0.100. The highest BCUT2D eigenvalue weighted by molar-refractivity contribution is 5.94. The van der Waals surface area contributed by atoms with E-state index in [1.807, 2.05) is 0 Å². The van der Waals surface area contributed by atoms with Crippen LogP contribution < -0.4 is 15.8 Å². The van der Waals surface area contributed by atoms with Gasteiger partial charge in [0.25, 0.3) is 0 Å². The highest BCUT2D eigenvalue weighted by atomic mass is 16.5. The molecule has 0 aromatic heterocycles. The topological polar surface area (TPSA) is 67.6 Å². The quantitative estimate of drug-likeness (QED) is 0.870. The average molecular weight is 291 g/mol. The van der Waals surface area contributed by atoms with Crippen molar-refractivity contribution in [3.05, 3.63) is 23.8 Å². The minimum absolute atomic E-state index is 0.310. The number of benzene rings is 1. The first-order valence-corrected chi connectivity index (χ1v) is 7.44. The van der Waals surface area contributed by atoms with Crippen molar-refractivity contribution in [2.24, 2.45) is 11.7 Å². The molecule has 0 spiro atoms. The average Bonchev–Trinajstić information content (AvgIpc) is 2.47. The first-order valence-electron chi connectivity index (χ1n) is 7.44. The molecule has 0 bridgehead atoms. The molecule has 1 heterocycles. The molecule has 116 valence electrons. The third-order valence-corrected chi connectivity index (χ3v) is 4.24. The Morgan fingerprint density at radius 2 is 2.29 bits per heavy atom. The fraction of sp³-hybridized carbons (Fsp3) is 0.562. The first kappa shape index (κ1) is 15.6. The summed E-state index contributed by atoms with van der Waals surface area (Å²) in [5.41, 5.74) is 6.67. The maximum absolute atomic E-state index is 11.3. The van der Waals surface area contributed by atoms with Gasteiger partial charge in [-0.3, -0.25) is 4.79 Å². The molecule has 2 unspecified atom stereocenters. The summed E-state index contributed by atoms with van der Waals surface area (Å²) in [6.07, 6.45) is 2.45. The number of carbonyl (C=O) groups excluding carboxylic acids is 1. The smallest absolute Gasteiger partial charge is 0.248 e. The van der Waals surface area contributed by atoms with Gasteiger partial charge in [-0.25, -0.2) is 0 Å². The van der Waals surface area contributed by atoms with Gasteiger partial charge in [0, 0.05) is 18.2 Å². The van der Waals surface area contributed by atoms with E-state index in [1.54, 1.807) is 25.3 Å². The van der Waals surface area contributed by atoms with Crippen molar-refractivity contribution in [1.29, 1.82) is 0 Å². The third-order valence-electron chi connectivity index (χ3n) is 4.24. The number of primary amides is 1. The van der Waals surface area contributed by atoms with E-state index >= 15 is 0 Å². The van der Waals surface area contributed by atoms with Gasteiger partial charge in [-0.2, -0.15) is 0 Å². The summed E-state index contributed by atoms with van der Waals surface area (Å²) in [5, 5.41) is 3.49. The first-order chi connectivity index (χ1) is 10.0. The summed E-state index contributed by atoms with van der Waals surface area (Å²) in [7, 11) is 3.79. The molecule has 1 amide bonds. The van der Waals surface area contributed by atoms with Crippen LogP contribution in [0.2, 0.25) is 0 Å². The molecule has 0 aliphatic carbocycles. The van der Waals surface area contributed by atoms with Crippen LogP contribution >= 0.6 is 0 Å². The van der Waals surface area contributed by atoms with Crippen molar-refractivity contribution < 1.29 is 9.53 Å². The summed E-state index contributed by atoms with van der Waals surface area (Å²) in [6.45, 7) is 4.44. The van der Waals surface area contributed by atoms with Gasteiger partial charge in [-0.05, 0) is 57.5 Å². The Hall–Kier alpha value is -1.75. The van der Waals surface area contributed by atoms with Gasteiger partial charge in [0.2, 0.25) is 5.91 Å². The van der Waals surface area contributed by atoms with E-state index in [4.69, 9.17) is 10.5 Å². The van der Waals surface area contributed by atoms with Crippen LogP contribution in [0, 0.1) is 5.92 Å². The van der Waals surface area contributed by atoms with Gasteiger partial charge >= 0.3 is 0 Å². The highest BCUT2D eigenvalue weighted by Crippen LogP contribution is 2.29. The summed E-state index contributed by atoms with van der Waals surface area (Å²) in [5.74, 6) is 0.896. The van der Waals surface area contributed by atoms with E-state index in [1.165, 1.54) is 19.4 Å². The molecule has 2 rings (SSSR count). The Kier molecular flexibility index (Phi) is 5.07. The number of rotatable bonds is 5. The monoisotopic (exact) mass is 291 g/mol. The standard InChI is InChI=1S/C16H25N3O2/c1-11(13-5-4-8-19(2)10-13)18-14-9-12(16(17)20)6-7-15(14)21-3/h6-7,9,11,13,18H,4-5,8,10H2,1-3H3,(H2,17,20).